The van der Waals surface area contributed by atoms with Crippen LogP contribution in [0.2, 0.25) is 0 Å². The normalized spacial score (nSPS) is 12.4. The number of rotatable bonds is 0. The molecule has 0 spiro atoms. The van der Waals surface area contributed by atoms with Crippen LogP contribution in [0.25, 0.3) is 20.8 Å². The molecule has 0 saturated carbocycles. The third-order valence-electron chi connectivity index (χ3n) is 2.65. The summed E-state index contributed by atoms with van der Waals surface area (Å²) >= 11 is 1.69. The van der Waals surface area contributed by atoms with Gasteiger partial charge in [0.2, 0.25) is 0 Å². The fraction of sp³-hybridized carbons (Fsp3) is 0.0769. The van der Waals surface area contributed by atoms with Gasteiger partial charge in [-0.3, -0.25) is 4.99 Å². The summed E-state index contributed by atoms with van der Waals surface area (Å²) in [6.45, 7) is 0. The Balaban J connectivity index is 2.41. The number of hydrogen-bond donors (Lipinski definition) is 1. The maximum atomic E-state index is 5.78. The molecule has 0 saturated heterocycles. The molecule has 1 aromatic carbocycles. The van der Waals surface area contributed by atoms with Crippen molar-refractivity contribution < 1.29 is 0 Å². The topological polar surface area (TPSA) is 51.3 Å². The van der Waals surface area contributed by atoms with Crippen molar-refractivity contribution in [2.45, 2.75) is 0 Å². The van der Waals surface area contributed by atoms with Crippen molar-refractivity contribution in [1.29, 1.82) is 0 Å². The highest BCUT2D eigenvalue weighted by Gasteiger charge is 2.06. The fourth-order valence-electron chi connectivity index (χ4n) is 1.77. The number of nitrogen functional groups attached to an aromatic ring is 1. The number of fused-ring (bicyclic) bond motifs is 2. The summed E-state index contributed by atoms with van der Waals surface area (Å²) in [6, 6.07) is 11.8. The van der Waals surface area contributed by atoms with Crippen LogP contribution in [0.15, 0.2) is 41.4 Å². The molecule has 1 heterocycles. The molecular weight excluding hydrogens is 230 g/mol. The van der Waals surface area contributed by atoms with Gasteiger partial charge in [0.1, 0.15) is 0 Å². The van der Waals surface area contributed by atoms with E-state index >= 15 is 0 Å². The van der Waals surface area contributed by atoms with Gasteiger partial charge < -0.3 is 5.73 Å². The molecule has 3 rings (SSSR count). The van der Waals surface area contributed by atoms with Crippen LogP contribution >= 0.6 is 11.3 Å². The number of aromatic nitrogens is 1. The predicted octanol–water partition coefficient (Wildman–Crippen LogP) is 2.51. The minimum Gasteiger partial charge on any atom is -0.399 e. The molecule has 2 N–H and O–H groups in total. The molecule has 0 atom stereocenters. The molecule has 84 valence electrons. The summed E-state index contributed by atoms with van der Waals surface area (Å²) in [7, 11) is 1.79. The molecule has 2 aliphatic rings. The highest BCUT2D eigenvalue weighted by atomic mass is 32.1. The summed E-state index contributed by atoms with van der Waals surface area (Å²) in [5.41, 5.74) is 8.54. The molecule has 1 aromatic rings. The van der Waals surface area contributed by atoms with Crippen LogP contribution in [-0.4, -0.2) is 12.0 Å². The minimum absolute atomic E-state index is 0.770. The first-order valence-corrected chi connectivity index (χ1v) is 6.11. The first kappa shape index (κ1) is 10.2. The minimum atomic E-state index is 0.770. The molecule has 0 radical (unpaired) electrons. The Morgan fingerprint density at radius 2 is 2.06 bits per heavy atom. The molecule has 3 nitrogen and oxygen atoms in total. The Morgan fingerprint density at radius 3 is 2.88 bits per heavy atom. The van der Waals surface area contributed by atoms with Crippen molar-refractivity contribution in [2.75, 3.05) is 12.8 Å². The number of nitrogens with two attached hydrogens (primary N) is 1. The van der Waals surface area contributed by atoms with Crippen molar-refractivity contribution in [3.8, 4) is 10.6 Å². The van der Waals surface area contributed by atoms with E-state index in [2.05, 4.69) is 16.0 Å². The molecule has 0 fully saturated rings. The Labute approximate surface area is 103 Å². The van der Waals surface area contributed by atoms with E-state index in [1.165, 1.54) is 0 Å². The van der Waals surface area contributed by atoms with Gasteiger partial charge in [-0.1, -0.05) is 0 Å². The highest BCUT2D eigenvalue weighted by Crippen LogP contribution is 2.30. The van der Waals surface area contributed by atoms with Crippen molar-refractivity contribution in [1.82, 2.24) is 4.98 Å². The van der Waals surface area contributed by atoms with E-state index in [4.69, 9.17) is 5.73 Å². The standard InChI is InChI=1S/C13H11N3S/c1-15-9-3-5-11-13(7-9)17-12-6-8(14)2-4-10(12)16-11/h2-7H,14H2,1H3. The molecule has 0 bridgehead atoms. The zero-order valence-electron chi connectivity index (χ0n) is 9.34. The highest BCUT2D eigenvalue weighted by molar-refractivity contribution is 7.21. The molecule has 0 aromatic heterocycles. The van der Waals surface area contributed by atoms with Gasteiger partial charge in [0, 0.05) is 12.7 Å². The lowest BCUT2D eigenvalue weighted by molar-refractivity contribution is 1.26. The zero-order chi connectivity index (χ0) is 11.8. The second kappa shape index (κ2) is 3.82. The lowest BCUT2D eigenvalue weighted by atomic mass is 10.2. The smallest absolute Gasteiger partial charge is 0.0811 e. The molecule has 1 aliphatic heterocycles. The molecule has 0 amide bonds. The van der Waals surface area contributed by atoms with E-state index in [-0.39, 0.29) is 0 Å². The van der Waals surface area contributed by atoms with Crippen LogP contribution in [0, 0.1) is 0 Å². The third kappa shape index (κ3) is 1.76. The summed E-state index contributed by atoms with van der Waals surface area (Å²) in [4.78, 5) is 9.91. The lowest BCUT2D eigenvalue weighted by Crippen LogP contribution is -2.00. The summed E-state index contributed by atoms with van der Waals surface area (Å²) < 4.78 is 1.10. The van der Waals surface area contributed by atoms with Crippen LogP contribution in [0.3, 0.4) is 0 Å². The van der Waals surface area contributed by atoms with Crippen LogP contribution in [0.4, 0.5) is 5.69 Å². The van der Waals surface area contributed by atoms with E-state index in [0.717, 1.165) is 31.8 Å². The van der Waals surface area contributed by atoms with Gasteiger partial charge in [-0.05, 0) is 36.4 Å². The van der Waals surface area contributed by atoms with Crippen molar-refractivity contribution >= 4 is 27.2 Å². The van der Waals surface area contributed by atoms with E-state index in [1.54, 1.807) is 18.4 Å². The largest absolute Gasteiger partial charge is 0.399 e. The number of nitrogens with zero attached hydrogens (tertiary/aromatic N) is 2. The molecular formula is C13H11N3S. The lowest BCUT2D eigenvalue weighted by Gasteiger charge is -2.06. The van der Waals surface area contributed by atoms with Gasteiger partial charge in [0.25, 0.3) is 0 Å². The zero-order valence-corrected chi connectivity index (χ0v) is 10.2. The Hall–Kier alpha value is -1.94. The van der Waals surface area contributed by atoms with Crippen molar-refractivity contribution in [2.24, 2.45) is 4.99 Å². The van der Waals surface area contributed by atoms with Crippen LogP contribution in [0.1, 0.15) is 0 Å². The Morgan fingerprint density at radius 1 is 1.18 bits per heavy atom. The van der Waals surface area contributed by atoms with Gasteiger partial charge in [-0.25, -0.2) is 4.98 Å². The number of hydrogen-bond acceptors (Lipinski definition) is 4. The van der Waals surface area contributed by atoms with Crippen LogP contribution < -0.4 is 11.1 Å². The van der Waals surface area contributed by atoms with E-state index in [9.17, 15) is 0 Å². The first-order valence-electron chi connectivity index (χ1n) is 5.29. The molecule has 4 heteroatoms. The van der Waals surface area contributed by atoms with E-state index < -0.39 is 0 Å². The fourth-order valence-corrected chi connectivity index (χ4v) is 2.82. The van der Waals surface area contributed by atoms with E-state index in [1.807, 2.05) is 30.3 Å². The second-order valence-corrected chi connectivity index (χ2v) is 4.90. The predicted molar refractivity (Wildman–Crippen MR) is 72.1 cm³/mol. The maximum Gasteiger partial charge on any atom is 0.0811 e. The quantitative estimate of drug-likeness (QED) is 0.485. The monoisotopic (exact) mass is 241 g/mol. The van der Waals surface area contributed by atoms with Crippen molar-refractivity contribution in [3.05, 3.63) is 41.8 Å². The van der Waals surface area contributed by atoms with Gasteiger partial charge >= 0.3 is 0 Å². The SMILES string of the molecule is CN=c1ccc2nc3ccc(N)cc3sc-2c1. The number of anilines is 1. The van der Waals surface area contributed by atoms with Crippen LogP contribution in [-0.2, 0) is 0 Å². The average molecular weight is 241 g/mol. The van der Waals surface area contributed by atoms with Gasteiger partial charge in [0.05, 0.1) is 26.1 Å². The molecule has 1 aliphatic carbocycles. The Kier molecular flexibility index (Phi) is 2.30. The summed E-state index contributed by atoms with van der Waals surface area (Å²) in [5, 5.41) is 0.971. The second-order valence-electron chi connectivity index (χ2n) is 3.82. The van der Waals surface area contributed by atoms with Gasteiger partial charge in [-0.15, -0.1) is 11.3 Å². The molecule has 17 heavy (non-hydrogen) atoms. The summed E-state index contributed by atoms with van der Waals surface area (Å²) in [5.74, 6) is 0. The molecule has 0 unspecified atom stereocenters. The average Bonchev–Trinajstić information content (AvgIpc) is 2.35. The number of benzene rings is 2. The first-order chi connectivity index (χ1) is 8.26. The van der Waals surface area contributed by atoms with Gasteiger partial charge in [0.15, 0.2) is 0 Å². The Bertz CT molecular complexity index is 730. The van der Waals surface area contributed by atoms with Gasteiger partial charge in [-0.2, -0.15) is 0 Å². The van der Waals surface area contributed by atoms with E-state index in [0.29, 0.717) is 0 Å². The third-order valence-corrected chi connectivity index (χ3v) is 3.74. The van der Waals surface area contributed by atoms with Crippen molar-refractivity contribution in [3.63, 3.8) is 0 Å². The van der Waals surface area contributed by atoms with Crippen LogP contribution in [0.5, 0.6) is 0 Å². The summed E-state index contributed by atoms with van der Waals surface area (Å²) in [6.07, 6.45) is 0. The maximum absolute atomic E-state index is 5.78.